The van der Waals surface area contributed by atoms with Crippen molar-refractivity contribution in [2.45, 2.75) is 19.3 Å². The fourth-order valence-corrected chi connectivity index (χ4v) is 1.34. The van der Waals surface area contributed by atoms with Crippen LogP contribution in [-0.4, -0.2) is 22.0 Å². The minimum atomic E-state index is -1.67. The van der Waals surface area contributed by atoms with E-state index in [0.717, 1.165) is 0 Å². The molecule has 15 heavy (non-hydrogen) atoms. The Hall–Kier alpha value is -1.75. The van der Waals surface area contributed by atoms with Gasteiger partial charge in [-0.25, -0.2) is 4.79 Å². The Morgan fingerprint density at radius 1 is 1.40 bits per heavy atom. The molecule has 0 fully saturated rings. The molecule has 0 radical (unpaired) electrons. The first-order valence-electron chi connectivity index (χ1n) is 4.40. The van der Waals surface area contributed by atoms with Gasteiger partial charge in [-0.15, -0.1) is 0 Å². The number of carbonyl (C=O) groups is 1. The first-order valence-corrected chi connectivity index (χ1v) is 4.40. The van der Waals surface area contributed by atoms with E-state index in [4.69, 9.17) is 19.7 Å². The number of hydrogen-bond acceptors (Lipinski definition) is 4. The SMILES string of the molecule is CC1(C(=O)O)Oc2ccc(CO)cc2O1. The zero-order valence-electron chi connectivity index (χ0n) is 8.06. The maximum absolute atomic E-state index is 10.8. The van der Waals surface area contributed by atoms with Crippen LogP contribution in [0.4, 0.5) is 0 Å². The van der Waals surface area contributed by atoms with Crippen LogP contribution in [0.15, 0.2) is 18.2 Å². The van der Waals surface area contributed by atoms with E-state index in [-0.39, 0.29) is 6.61 Å². The molecule has 0 bridgehead atoms. The van der Waals surface area contributed by atoms with Gasteiger partial charge in [0.15, 0.2) is 11.5 Å². The summed E-state index contributed by atoms with van der Waals surface area (Å²) in [6.07, 6.45) is 0. The van der Waals surface area contributed by atoms with Crippen molar-refractivity contribution in [2.75, 3.05) is 0 Å². The highest BCUT2D eigenvalue weighted by Crippen LogP contribution is 2.39. The second kappa shape index (κ2) is 3.13. The van der Waals surface area contributed by atoms with Crippen LogP contribution >= 0.6 is 0 Å². The fraction of sp³-hybridized carbons (Fsp3) is 0.300. The van der Waals surface area contributed by atoms with Crippen molar-refractivity contribution in [3.8, 4) is 11.5 Å². The van der Waals surface area contributed by atoms with E-state index in [1.54, 1.807) is 18.2 Å². The van der Waals surface area contributed by atoms with Gasteiger partial charge in [0.1, 0.15) is 0 Å². The molecule has 2 rings (SSSR count). The minimum Gasteiger partial charge on any atom is -0.475 e. The fourth-order valence-electron chi connectivity index (χ4n) is 1.34. The Kier molecular flexibility index (Phi) is 2.04. The van der Waals surface area contributed by atoms with Crippen molar-refractivity contribution in [1.82, 2.24) is 0 Å². The van der Waals surface area contributed by atoms with E-state index < -0.39 is 11.8 Å². The third-order valence-corrected chi connectivity index (χ3v) is 2.19. The van der Waals surface area contributed by atoms with Gasteiger partial charge in [-0.3, -0.25) is 0 Å². The lowest BCUT2D eigenvalue weighted by molar-refractivity contribution is -0.173. The summed E-state index contributed by atoms with van der Waals surface area (Å²) in [6.45, 7) is 1.20. The van der Waals surface area contributed by atoms with Crippen LogP contribution in [0.3, 0.4) is 0 Å². The summed E-state index contributed by atoms with van der Waals surface area (Å²) < 4.78 is 10.3. The van der Waals surface area contributed by atoms with Gasteiger partial charge in [-0.1, -0.05) is 6.07 Å². The molecule has 1 aromatic rings. The molecule has 0 aliphatic carbocycles. The van der Waals surface area contributed by atoms with Crippen LogP contribution in [0.25, 0.3) is 0 Å². The molecular weight excluding hydrogens is 200 g/mol. The second-order valence-electron chi connectivity index (χ2n) is 3.39. The molecule has 0 aromatic heterocycles. The van der Waals surface area contributed by atoms with Crippen LogP contribution in [0, 0.1) is 0 Å². The molecule has 0 saturated carbocycles. The topological polar surface area (TPSA) is 76.0 Å². The summed E-state index contributed by atoms with van der Waals surface area (Å²) in [5, 5.41) is 17.8. The predicted molar refractivity (Wildman–Crippen MR) is 49.7 cm³/mol. The van der Waals surface area contributed by atoms with Crippen LogP contribution in [0.1, 0.15) is 12.5 Å². The van der Waals surface area contributed by atoms with E-state index in [2.05, 4.69) is 0 Å². The molecule has 0 spiro atoms. The highest BCUT2D eigenvalue weighted by molar-refractivity contribution is 5.77. The first kappa shape index (κ1) is 9.79. The van der Waals surface area contributed by atoms with E-state index in [9.17, 15) is 4.79 Å². The van der Waals surface area contributed by atoms with Gasteiger partial charge in [0.05, 0.1) is 6.61 Å². The molecule has 1 heterocycles. The van der Waals surface area contributed by atoms with E-state index in [1.165, 1.54) is 6.92 Å². The van der Waals surface area contributed by atoms with Crippen molar-refractivity contribution < 1.29 is 24.5 Å². The van der Waals surface area contributed by atoms with Crippen molar-refractivity contribution >= 4 is 5.97 Å². The quantitative estimate of drug-likeness (QED) is 0.753. The number of fused-ring (bicyclic) bond motifs is 1. The maximum atomic E-state index is 10.8. The number of rotatable bonds is 2. The molecule has 80 valence electrons. The van der Waals surface area contributed by atoms with E-state index in [1.807, 2.05) is 0 Å². The average molecular weight is 210 g/mol. The minimum absolute atomic E-state index is 0.125. The van der Waals surface area contributed by atoms with Gasteiger partial charge in [-0.05, 0) is 17.7 Å². The van der Waals surface area contributed by atoms with Crippen LogP contribution in [0.5, 0.6) is 11.5 Å². The Labute approximate surface area is 85.9 Å². The highest BCUT2D eigenvalue weighted by atomic mass is 16.7. The molecule has 1 aliphatic rings. The van der Waals surface area contributed by atoms with E-state index in [0.29, 0.717) is 17.1 Å². The predicted octanol–water partition coefficient (Wildman–Crippen LogP) is 0.751. The first-order chi connectivity index (χ1) is 7.05. The number of hydrogen-bond donors (Lipinski definition) is 2. The van der Waals surface area contributed by atoms with Crippen LogP contribution in [0.2, 0.25) is 0 Å². The molecule has 0 saturated heterocycles. The molecule has 5 heteroatoms. The lowest BCUT2D eigenvalue weighted by Crippen LogP contribution is -2.43. The Bertz CT molecular complexity index is 414. The summed E-state index contributed by atoms with van der Waals surface area (Å²) in [5.41, 5.74) is 0.645. The van der Waals surface area contributed by atoms with Gasteiger partial charge in [0.25, 0.3) is 0 Å². The third kappa shape index (κ3) is 1.50. The highest BCUT2D eigenvalue weighted by Gasteiger charge is 2.44. The third-order valence-electron chi connectivity index (χ3n) is 2.19. The molecule has 1 unspecified atom stereocenters. The van der Waals surface area contributed by atoms with Gasteiger partial charge in [-0.2, -0.15) is 0 Å². The number of aliphatic carboxylic acids is 1. The smallest absolute Gasteiger partial charge is 0.390 e. The molecular formula is C10H10O5. The molecule has 1 aromatic carbocycles. The number of benzene rings is 1. The van der Waals surface area contributed by atoms with Gasteiger partial charge in [0, 0.05) is 6.92 Å². The lowest BCUT2D eigenvalue weighted by Gasteiger charge is -2.16. The Morgan fingerprint density at radius 3 is 2.67 bits per heavy atom. The number of carboxylic acid groups (broad SMARTS) is 1. The van der Waals surface area contributed by atoms with Crippen molar-refractivity contribution in [2.24, 2.45) is 0 Å². The summed E-state index contributed by atoms with van der Waals surface area (Å²) in [6, 6.07) is 4.79. The van der Waals surface area contributed by atoms with Crippen LogP contribution in [-0.2, 0) is 11.4 Å². The molecule has 1 atom stereocenters. The van der Waals surface area contributed by atoms with E-state index >= 15 is 0 Å². The number of aliphatic hydroxyl groups is 1. The van der Waals surface area contributed by atoms with Crippen molar-refractivity contribution in [3.63, 3.8) is 0 Å². The molecule has 1 aliphatic heterocycles. The van der Waals surface area contributed by atoms with Gasteiger partial charge >= 0.3 is 11.8 Å². The summed E-state index contributed by atoms with van der Waals surface area (Å²) in [5.74, 6) is -2.15. The molecule has 0 amide bonds. The lowest BCUT2D eigenvalue weighted by atomic mass is 10.2. The maximum Gasteiger partial charge on any atom is 0.390 e. The number of aliphatic hydroxyl groups excluding tert-OH is 1. The van der Waals surface area contributed by atoms with Crippen molar-refractivity contribution in [1.29, 1.82) is 0 Å². The summed E-state index contributed by atoms with van der Waals surface area (Å²) in [4.78, 5) is 10.8. The monoisotopic (exact) mass is 210 g/mol. The van der Waals surface area contributed by atoms with Crippen LogP contribution < -0.4 is 9.47 Å². The largest absolute Gasteiger partial charge is 0.475 e. The number of ether oxygens (including phenoxy) is 2. The average Bonchev–Trinajstić information content (AvgIpc) is 2.54. The van der Waals surface area contributed by atoms with Crippen molar-refractivity contribution in [3.05, 3.63) is 23.8 Å². The summed E-state index contributed by atoms with van der Waals surface area (Å²) >= 11 is 0. The zero-order chi connectivity index (χ0) is 11.1. The Balaban J connectivity index is 2.35. The summed E-state index contributed by atoms with van der Waals surface area (Å²) in [7, 11) is 0. The van der Waals surface area contributed by atoms with Gasteiger partial charge in [0.2, 0.25) is 0 Å². The Morgan fingerprint density at radius 2 is 2.07 bits per heavy atom. The van der Waals surface area contributed by atoms with Gasteiger partial charge < -0.3 is 19.7 Å². The zero-order valence-corrected chi connectivity index (χ0v) is 8.06. The normalized spacial score (nSPS) is 22.8. The standard InChI is InChI=1S/C10H10O5/c1-10(9(12)13)14-7-3-2-6(5-11)4-8(7)15-10/h2-4,11H,5H2,1H3,(H,12,13). The molecule has 2 N–H and O–H groups in total. The second-order valence-corrected chi connectivity index (χ2v) is 3.39. The number of carboxylic acids is 1. The molecule has 5 nitrogen and oxygen atoms in total.